The van der Waals surface area contributed by atoms with E-state index >= 15 is 0 Å². The molecule has 9 nitrogen and oxygen atoms in total. The second kappa shape index (κ2) is 8.70. The molecule has 0 spiro atoms. The lowest BCUT2D eigenvalue weighted by Crippen LogP contribution is -2.46. The first-order chi connectivity index (χ1) is 15.3. The Morgan fingerprint density at radius 3 is 2.44 bits per heavy atom. The molecule has 1 aliphatic heterocycles. The number of nitrogens with zero attached hydrogens (tertiary/aromatic N) is 1. The first-order valence-electron chi connectivity index (χ1n) is 10.4. The van der Waals surface area contributed by atoms with Crippen LogP contribution in [0.15, 0.2) is 54.6 Å². The summed E-state index contributed by atoms with van der Waals surface area (Å²) in [6, 6.07) is 15.0. The molecule has 32 heavy (non-hydrogen) atoms. The van der Waals surface area contributed by atoms with E-state index in [0.717, 1.165) is 17.7 Å². The van der Waals surface area contributed by atoms with Crippen molar-refractivity contribution in [2.45, 2.75) is 25.3 Å². The van der Waals surface area contributed by atoms with E-state index in [4.69, 9.17) is 4.74 Å². The normalized spacial score (nSPS) is 20.0. The average molecular weight is 436 g/mol. The smallest absolute Gasteiger partial charge is 0.325 e. The highest BCUT2D eigenvalue weighted by atomic mass is 16.5. The summed E-state index contributed by atoms with van der Waals surface area (Å²) in [7, 11) is 0. The molecule has 2 aromatic carbocycles. The molecule has 9 heteroatoms. The lowest BCUT2D eigenvalue weighted by atomic mass is 9.96. The number of hydrogen-bond donors (Lipinski definition) is 3. The summed E-state index contributed by atoms with van der Waals surface area (Å²) in [5.41, 5.74) is 0.166. The van der Waals surface area contributed by atoms with E-state index in [-0.39, 0.29) is 30.9 Å². The zero-order valence-electron chi connectivity index (χ0n) is 17.6. The Bertz CT molecular complexity index is 1050. The van der Waals surface area contributed by atoms with Gasteiger partial charge in [-0.2, -0.15) is 0 Å². The largest absolute Gasteiger partial charge is 0.484 e. The van der Waals surface area contributed by atoms with Gasteiger partial charge in [0.2, 0.25) is 5.91 Å². The number of anilines is 2. The molecule has 0 bridgehead atoms. The Morgan fingerprint density at radius 2 is 1.72 bits per heavy atom. The van der Waals surface area contributed by atoms with Gasteiger partial charge in [0, 0.05) is 17.4 Å². The van der Waals surface area contributed by atoms with Crippen LogP contribution >= 0.6 is 0 Å². The van der Waals surface area contributed by atoms with Gasteiger partial charge in [-0.1, -0.05) is 24.3 Å². The molecule has 0 radical (unpaired) electrons. The number of urea groups is 1. The monoisotopic (exact) mass is 436 g/mol. The fraction of sp³-hybridized carbons (Fsp3) is 0.304. The maximum Gasteiger partial charge on any atom is 0.325 e. The fourth-order valence-corrected chi connectivity index (χ4v) is 3.67. The summed E-state index contributed by atoms with van der Waals surface area (Å²) < 4.78 is 5.50. The van der Waals surface area contributed by atoms with Gasteiger partial charge in [0.05, 0.1) is 0 Å². The maximum absolute atomic E-state index is 12.6. The Morgan fingerprint density at radius 1 is 1.03 bits per heavy atom. The van der Waals surface area contributed by atoms with Gasteiger partial charge in [-0.15, -0.1) is 0 Å². The number of amides is 5. The molecule has 0 aromatic heterocycles. The minimum absolute atomic E-state index is 0.125. The van der Waals surface area contributed by atoms with E-state index in [9.17, 15) is 19.2 Å². The van der Waals surface area contributed by atoms with Crippen molar-refractivity contribution < 1.29 is 23.9 Å². The third kappa shape index (κ3) is 4.72. The van der Waals surface area contributed by atoms with Crippen molar-refractivity contribution in [2.75, 3.05) is 23.8 Å². The molecule has 1 heterocycles. The van der Waals surface area contributed by atoms with Gasteiger partial charge in [-0.05, 0) is 49.9 Å². The second-order valence-corrected chi connectivity index (χ2v) is 8.08. The molecule has 1 saturated heterocycles. The first-order valence-corrected chi connectivity index (χ1v) is 10.4. The molecular formula is C23H24N4O5. The van der Waals surface area contributed by atoms with Crippen LogP contribution in [-0.4, -0.2) is 47.3 Å². The predicted octanol–water partition coefficient (Wildman–Crippen LogP) is 2.36. The number of nitrogens with one attached hydrogen (secondary N) is 3. The van der Waals surface area contributed by atoms with Gasteiger partial charge in [0.25, 0.3) is 11.8 Å². The Hall–Kier alpha value is -3.88. The minimum atomic E-state index is -0.925. The van der Waals surface area contributed by atoms with E-state index < -0.39 is 17.5 Å². The highest BCUT2D eigenvalue weighted by molar-refractivity contribution is 6.10. The summed E-state index contributed by atoms with van der Waals surface area (Å²) in [6.45, 7) is 1.13. The lowest BCUT2D eigenvalue weighted by molar-refractivity contribution is -0.134. The van der Waals surface area contributed by atoms with Crippen molar-refractivity contribution >= 4 is 35.1 Å². The quantitative estimate of drug-likeness (QED) is 0.550. The van der Waals surface area contributed by atoms with E-state index in [1.165, 1.54) is 0 Å². The maximum atomic E-state index is 12.6. The SMILES string of the molecule is CC1(C2CC2)NC(=O)N(CC(=O)Nc2cccc(OCC(=O)Nc3ccccc3)c2)C1=O. The Kier molecular flexibility index (Phi) is 5.81. The molecular weight excluding hydrogens is 412 g/mol. The van der Waals surface area contributed by atoms with E-state index in [2.05, 4.69) is 16.0 Å². The van der Waals surface area contributed by atoms with Gasteiger partial charge < -0.3 is 20.7 Å². The number of carbonyl (C=O) groups excluding carboxylic acids is 4. The van der Waals surface area contributed by atoms with E-state index in [1.807, 2.05) is 18.2 Å². The van der Waals surface area contributed by atoms with E-state index in [0.29, 0.717) is 17.1 Å². The zero-order chi connectivity index (χ0) is 22.7. The number of imide groups is 1. The van der Waals surface area contributed by atoms with Crippen molar-refractivity contribution in [1.29, 1.82) is 0 Å². The van der Waals surface area contributed by atoms with Gasteiger partial charge in [-0.3, -0.25) is 19.3 Å². The van der Waals surface area contributed by atoms with E-state index in [1.54, 1.807) is 43.3 Å². The van der Waals surface area contributed by atoms with Crippen LogP contribution < -0.4 is 20.7 Å². The number of benzene rings is 2. The van der Waals surface area contributed by atoms with Gasteiger partial charge in [0.15, 0.2) is 6.61 Å². The van der Waals surface area contributed by atoms with Crippen LogP contribution in [0.4, 0.5) is 16.2 Å². The van der Waals surface area contributed by atoms with Crippen LogP contribution in [0.25, 0.3) is 0 Å². The van der Waals surface area contributed by atoms with Crippen LogP contribution in [-0.2, 0) is 14.4 Å². The first kappa shape index (κ1) is 21.4. The number of carbonyl (C=O) groups is 4. The van der Waals surface area contributed by atoms with Crippen LogP contribution in [0.1, 0.15) is 19.8 Å². The third-order valence-corrected chi connectivity index (χ3v) is 5.54. The molecule has 1 saturated carbocycles. The Balaban J connectivity index is 1.30. The number of hydrogen-bond acceptors (Lipinski definition) is 5. The molecule has 1 unspecified atom stereocenters. The predicted molar refractivity (Wildman–Crippen MR) is 117 cm³/mol. The summed E-state index contributed by atoms with van der Waals surface area (Å²) >= 11 is 0. The minimum Gasteiger partial charge on any atom is -0.484 e. The second-order valence-electron chi connectivity index (χ2n) is 8.08. The summed E-state index contributed by atoms with van der Waals surface area (Å²) in [5.74, 6) is -0.681. The van der Waals surface area contributed by atoms with Crippen molar-refractivity contribution in [1.82, 2.24) is 10.2 Å². The van der Waals surface area contributed by atoms with Crippen LogP contribution in [0.3, 0.4) is 0 Å². The zero-order valence-corrected chi connectivity index (χ0v) is 17.6. The fourth-order valence-electron chi connectivity index (χ4n) is 3.67. The summed E-state index contributed by atoms with van der Waals surface area (Å²) in [6.07, 6.45) is 1.78. The van der Waals surface area contributed by atoms with Crippen LogP contribution in [0, 0.1) is 5.92 Å². The highest BCUT2D eigenvalue weighted by Crippen LogP contribution is 2.42. The number of rotatable bonds is 8. The third-order valence-electron chi connectivity index (χ3n) is 5.54. The van der Waals surface area contributed by atoms with Gasteiger partial charge in [0.1, 0.15) is 17.8 Å². The van der Waals surface area contributed by atoms with Crippen molar-refractivity contribution in [3.8, 4) is 5.75 Å². The molecule has 3 N–H and O–H groups in total. The van der Waals surface area contributed by atoms with Crippen LogP contribution in [0.2, 0.25) is 0 Å². The molecule has 2 aromatic rings. The number of para-hydroxylation sites is 1. The Labute approximate surface area is 185 Å². The van der Waals surface area contributed by atoms with Gasteiger partial charge in [-0.25, -0.2) is 4.79 Å². The van der Waals surface area contributed by atoms with Crippen molar-refractivity contribution in [3.63, 3.8) is 0 Å². The standard InChI is InChI=1S/C23H24N4O5/c1-23(15-10-11-15)21(30)27(22(31)26-23)13-19(28)25-17-8-5-9-18(12-17)32-14-20(29)24-16-6-3-2-4-7-16/h2-9,12,15H,10-11,13-14H2,1H3,(H,24,29)(H,25,28)(H,26,31). The van der Waals surface area contributed by atoms with Crippen molar-refractivity contribution in [3.05, 3.63) is 54.6 Å². The molecule has 1 aliphatic carbocycles. The van der Waals surface area contributed by atoms with Crippen molar-refractivity contribution in [2.24, 2.45) is 5.92 Å². The molecule has 2 aliphatic rings. The lowest BCUT2D eigenvalue weighted by Gasteiger charge is -2.20. The molecule has 166 valence electrons. The molecule has 4 rings (SSSR count). The summed E-state index contributed by atoms with van der Waals surface area (Å²) in [4.78, 5) is 50.3. The average Bonchev–Trinajstić information content (AvgIpc) is 3.59. The van der Waals surface area contributed by atoms with Gasteiger partial charge >= 0.3 is 6.03 Å². The molecule has 1 atom stereocenters. The molecule has 5 amide bonds. The number of ether oxygens (including phenoxy) is 1. The molecule has 2 fully saturated rings. The summed E-state index contributed by atoms with van der Waals surface area (Å²) in [5, 5.41) is 8.09. The highest BCUT2D eigenvalue weighted by Gasteiger charge is 2.56. The van der Waals surface area contributed by atoms with Crippen LogP contribution in [0.5, 0.6) is 5.75 Å². The topological polar surface area (TPSA) is 117 Å².